The first-order valence-electron chi connectivity index (χ1n) is 6.80. The third-order valence-corrected chi connectivity index (χ3v) is 8.86. The lowest BCUT2D eigenvalue weighted by atomic mass is 9.69. The fourth-order valence-corrected chi connectivity index (χ4v) is 6.66. The molecule has 0 amide bonds. The van der Waals surface area contributed by atoms with Crippen molar-refractivity contribution in [3.8, 4) is 0 Å². The second-order valence-electron chi connectivity index (χ2n) is 6.72. The third kappa shape index (κ3) is 1.95. The van der Waals surface area contributed by atoms with Gasteiger partial charge in [-0.15, -0.1) is 0 Å². The molecule has 1 heterocycles. The smallest absolute Gasteiger partial charge is 0.232 e. The van der Waals surface area contributed by atoms with E-state index in [1.54, 1.807) is 0 Å². The third-order valence-electron chi connectivity index (χ3n) is 5.81. The van der Waals surface area contributed by atoms with Gasteiger partial charge in [-0.05, 0) is 36.0 Å². The van der Waals surface area contributed by atoms with E-state index in [9.17, 15) is 8.42 Å². The lowest BCUT2D eigenvalue weighted by Gasteiger charge is -2.39. The number of hydrogen-bond donors (Lipinski definition) is 1. The van der Waals surface area contributed by atoms with E-state index in [1.165, 1.54) is 12.6 Å². The number of aromatic nitrogens is 1. The Kier molecular flexibility index (Phi) is 3.26. The Morgan fingerprint density at radius 3 is 2.60 bits per heavy atom. The maximum absolute atomic E-state index is 12.4. The Morgan fingerprint density at radius 2 is 2.15 bits per heavy atom. The standard InChI is InChI=1S/C13H19ClN2O2S2/c1-12(2)8-4-5-13(12,3)9(6-8)16-20(17,18)10-7-15-11(14)19-10/h7-9,16H,4-6H2,1-3H3. The number of hydrogen-bond acceptors (Lipinski definition) is 4. The Labute approximate surface area is 129 Å². The fraction of sp³-hybridized carbons (Fsp3) is 0.769. The number of nitrogens with zero attached hydrogens (tertiary/aromatic N) is 1. The molecule has 3 atom stereocenters. The van der Waals surface area contributed by atoms with Gasteiger partial charge in [0.15, 0.2) is 8.68 Å². The van der Waals surface area contributed by atoms with E-state index in [4.69, 9.17) is 11.6 Å². The summed E-state index contributed by atoms with van der Waals surface area (Å²) in [6, 6.07) is 0.00197. The van der Waals surface area contributed by atoms with Crippen LogP contribution < -0.4 is 4.72 Å². The SMILES string of the molecule is CC1(C)C2CCC1(C)C(NS(=O)(=O)c1cnc(Cl)s1)C2. The van der Waals surface area contributed by atoms with E-state index in [2.05, 4.69) is 30.5 Å². The van der Waals surface area contributed by atoms with Crippen LogP contribution in [0, 0.1) is 16.7 Å². The first kappa shape index (κ1) is 14.8. The molecule has 0 aromatic carbocycles. The van der Waals surface area contributed by atoms with Crippen molar-refractivity contribution in [2.45, 2.75) is 50.3 Å². The van der Waals surface area contributed by atoms with Gasteiger partial charge in [-0.25, -0.2) is 18.1 Å². The van der Waals surface area contributed by atoms with Crippen LogP contribution in [-0.4, -0.2) is 19.4 Å². The molecular formula is C13H19ClN2O2S2. The van der Waals surface area contributed by atoms with Crippen LogP contribution in [0.15, 0.2) is 10.4 Å². The van der Waals surface area contributed by atoms with E-state index in [0.29, 0.717) is 5.92 Å². The molecule has 3 unspecified atom stereocenters. The maximum atomic E-state index is 12.4. The lowest BCUT2D eigenvalue weighted by Crippen LogP contribution is -2.46. The van der Waals surface area contributed by atoms with Gasteiger partial charge < -0.3 is 0 Å². The summed E-state index contributed by atoms with van der Waals surface area (Å²) in [5.74, 6) is 0.602. The average Bonchev–Trinajstić information content (AvgIpc) is 2.91. The summed E-state index contributed by atoms with van der Waals surface area (Å²) in [6.45, 7) is 6.75. The zero-order valence-electron chi connectivity index (χ0n) is 11.8. The van der Waals surface area contributed by atoms with E-state index in [-0.39, 0.29) is 25.5 Å². The molecule has 2 fully saturated rings. The summed E-state index contributed by atoms with van der Waals surface area (Å²) >= 11 is 6.73. The molecule has 2 aliphatic rings. The van der Waals surface area contributed by atoms with Crippen LogP contribution in [0.3, 0.4) is 0 Å². The number of halogens is 1. The molecule has 3 rings (SSSR count). The Bertz CT molecular complexity index is 641. The van der Waals surface area contributed by atoms with Gasteiger partial charge in [-0.2, -0.15) is 0 Å². The summed E-state index contributed by atoms with van der Waals surface area (Å²) in [5, 5.41) is 0. The van der Waals surface area contributed by atoms with Crippen LogP contribution >= 0.6 is 22.9 Å². The Balaban J connectivity index is 1.87. The molecule has 4 nitrogen and oxygen atoms in total. The van der Waals surface area contributed by atoms with Crippen molar-refractivity contribution < 1.29 is 8.42 Å². The highest BCUT2D eigenvalue weighted by atomic mass is 35.5. The van der Waals surface area contributed by atoms with Crippen molar-refractivity contribution in [2.75, 3.05) is 0 Å². The van der Waals surface area contributed by atoms with Crippen LogP contribution in [0.1, 0.15) is 40.0 Å². The van der Waals surface area contributed by atoms with Crippen LogP contribution in [0.5, 0.6) is 0 Å². The summed E-state index contributed by atoms with van der Waals surface area (Å²) < 4.78 is 28.2. The minimum atomic E-state index is -3.51. The van der Waals surface area contributed by atoms with Crippen molar-refractivity contribution in [1.82, 2.24) is 9.71 Å². The van der Waals surface area contributed by atoms with Crippen LogP contribution in [0.25, 0.3) is 0 Å². The highest BCUT2D eigenvalue weighted by molar-refractivity contribution is 7.91. The van der Waals surface area contributed by atoms with Crippen LogP contribution in [-0.2, 0) is 10.0 Å². The number of sulfonamides is 1. The van der Waals surface area contributed by atoms with Crippen molar-refractivity contribution in [3.63, 3.8) is 0 Å². The van der Waals surface area contributed by atoms with E-state index < -0.39 is 10.0 Å². The van der Waals surface area contributed by atoms with Crippen molar-refractivity contribution >= 4 is 33.0 Å². The van der Waals surface area contributed by atoms with Gasteiger partial charge in [-0.3, -0.25) is 0 Å². The van der Waals surface area contributed by atoms with Crippen LogP contribution in [0.4, 0.5) is 0 Å². The molecule has 2 bridgehead atoms. The first-order chi connectivity index (χ1) is 9.17. The normalized spacial score (nSPS) is 35.6. The topological polar surface area (TPSA) is 59.1 Å². The van der Waals surface area contributed by atoms with Gasteiger partial charge in [0.05, 0.1) is 6.20 Å². The lowest BCUT2D eigenvalue weighted by molar-refractivity contribution is 0.130. The fourth-order valence-electron chi connectivity index (χ4n) is 3.99. The molecule has 2 aliphatic carbocycles. The summed E-state index contributed by atoms with van der Waals surface area (Å²) in [5.41, 5.74) is 0.213. The second-order valence-corrected chi connectivity index (χ2v) is 10.3. The van der Waals surface area contributed by atoms with E-state index in [0.717, 1.165) is 24.2 Å². The number of rotatable bonds is 3. The second kappa shape index (κ2) is 4.41. The Hall–Kier alpha value is -0.170. The zero-order chi connectivity index (χ0) is 14.8. The molecule has 0 aliphatic heterocycles. The van der Waals surface area contributed by atoms with E-state index in [1.807, 2.05) is 0 Å². The molecule has 20 heavy (non-hydrogen) atoms. The molecular weight excluding hydrogens is 316 g/mol. The molecule has 2 saturated carbocycles. The largest absolute Gasteiger partial charge is 0.251 e. The van der Waals surface area contributed by atoms with Gasteiger partial charge >= 0.3 is 0 Å². The van der Waals surface area contributed by atoms with Crippen molar-refractivity contribution in [1.29, 1.82) is 0 Å². The minimum absolute atomic E-state index is 0.00197. The summed E-state index contributed by atoms with van der Waals surface area (Å²) in [6.07, 6.45) is 4.54. The van der Waals surface area contributed by atoms with Crippen molar-refractivity contribution in [2.24, 2.45) is 16.7 Å². The van der Waals surface area contributed by atoms with Gasteiger partial charge in [0.2, 0.25) is 0 Å². The highest BCUT2D eigenvalue weighted by Crippen LogP contribution is 2.65. The van der Waals surface area contributed by atoms with Gasteiger partial charge in [0.1, 0.15) is 0 Å². The number of nitrogens with one attached hydrogen (secondary N) is 1. The molecule has 0 spiro atoms. The molecule has 1 aromatic rings. The summed E-state index contributed by atoms with van der Waals surface area (Å²) in [4.78, 5) is 3.82. The monoisotopic (exact) mass is 334 g/mol. The molecule has 0 radical (unpaired) electrons. The maximum Gasteiger partial charge on any atom is 0.251 e. The van der Waals surface area contributed by atoms with Crippen molar-refractivity contribution in [3.05, 3.63) is 10.7 Å². The van der Waals surface area contributed by atoms with Crippen LogP contribution in [0.2, 0.25) is 4.47 Å². The number of fused-ring (bicyclic) bond motifs is 2. The quantitative estimate of drug-likeness (QED) is 0.922. The van der Waals surface area contributed by atoms with Gasteiger partial charge in [-0.1, -0.05) is 43.7 Å². The first-order valence-corrected chi connectivity index (χ1v) is 9.48. The zero-order valence-corrected chi connectivity index (χ0v) is 14.2. The molecule has 0 saturated heterocycles. The molecule has 112 valence electrons. The van der Waals surface area contributed by atoms with E-state index >= 15 is 0 Å². The van der Waals surface area contributed by atoms with Gasteiger partial charge in [0.25, 0.3) is 10.0 Å². The predicted molar refractivity (Wildman–Crippen MR) is 80.5 cm³/mol. The minimum Gasteiger partial charge on any atom is -0.232 e. The summed E-state index contributed by atoms with van der Waals surface area (Å²) in [7, 11) is -3.51. The highest BCUT2D eigenvalue weighted by Gasteiger charge is 2.61. The number of thiazole rings is 1. The molecule has 1 N–H and O–H groups in total. The molecule has 1 aromatic heterocycles. The molecule has 7 heteroatoms. The van der Waals surface area contributed by atoms with Gasteiger partial charge in [0, 0.05) is 6.04 Å². The average molecular weight is 335 g/mol. The predicted octanol–water partition coefficient (Wildman–Crippen LogP) is 3.29. The Morgan fingerprint density at radius 1 is 1.45 bits per heavy atom.